The molecule has 0 aliphatic rings. The summed E-state index contributed by atoms with van der Waals surface area (Å²) < 4.78 is 5.80. The van der Waals surface area contributed by atoms with Gasteiger partial charge in [-0.15, -0.1) is 0 Å². The van der Waals surface area contributed by atoms with Crippen LogP contribution in [0.2, 0.25) is 0 Å². The highest BCUT2D eigenvalue weighted by atomic mass is 35.5. The van der Waals surface area contributed by atoms with Gasteiger partial charge in [0.2, 0.25) is 11.5 Å². The second-order valence-electron chi connectivity index (χ2n) is 3.19. The Morgan fingerprint density at radius 3 is 2.65 bits per heavy atom. The summed E-state index contributed by atoms with van der Waals surface area (Å²) in [6, 6.07) is 6.58. The molecular formula is C10H7Cl2N2O3+. The highest BCUT2D eigenvalue weighted by Gasteiger charge is 2.24. The lowest BCUT2D eigenvalue weighted by Crippen LogP contribution is -2.35. The molecule has 1 heterocycles. The van der Waals surface area contributed by atoms with E-state index in [1.54, 1.807) is 24.3 Å². The van der Waals surface area contributed by atoms with Crippen LogP contribution >= 0.6 is 23.2 Å². The molecule has 17 heavy (non-hydrogen) atoms. The Kier molecular flexibility index (Phi) is 3.31. The molecule has 0 atom stereocenters. The van der Waals surface area contributed by atoms with E-state index in [0.717, 1.165) is 0 Å². The molecule has 0 spiro atoms. The summed E-state index contributed by atoms with van der Waals surface area (Å²) in [5.74, 6) is -0.446. The molecule has 88 valence electrons. The third-order valence-electron chi connectivity index (χ3n) is 2.11. The fraction of sp³-hybridized carbons (Fsp3) is 0.100. The number of alkyl halides is 2. The molecule has 0 unspecified atom stereocenters. The van der Waals surface area contributed by atoms with Crippen molar-refractivity contribution in [1.29, 1.82) is 0 Å². The number of para-hydroxylation sites is 1. The Balaban J connectivity index is 2.55. The molecule has 0 fully saturated rings. The number of ketones is 1. The van der Waals surface area contributed by atoms with Gasteiger partial charge >= 0.3 is 5.63 Å². The van der Waals surface area contributed by atoms with E-state index in [9.17, 15) is 9.59 Å². The van der Waals surface area contributed by atoms with Crippen LogP contribution in [0.1, 0.15) is 10.4 Å². The quantitative estimate of drug-likeness (QED) is 0.520. The third kappa shape index (κ3) is 2.40. The largest absolute Gasteiger partial charge is 0.427 e. The molecule has 0 bridgehead atoms. The minimum atomic E-state index is -1.16. The van der Waals surface area contributed by atoms with Gasteiger partial charge in [0.25, 0.3) is 6.20 Å². The Morgan fingerprint density at radius 2 is 2.06 bits per heavy atom. The lowest BCUT2D eigenvalue weighted by molar-refractivity contribution is -0.670. The number of nitrogens with one attached hydrogen (secondary N) is 1. The monoisotopic (exact) mass is 273 g/mol. The lowest BCUT2D eigenvalue weighted by Gasteiger charge is -2.01. The average molecular weight is 274 g/mol. The zero-order valence-electron chi connectivity index (χ0n) is 8.39. The van der Waals surface area contributed by atoms with Gasteiger partial charge in [0, 0.05) is 6.07 Å². The van der Waals surface area contributed by atoms with Gasteiger partial charge in [-0.25, -0.2) is 4.79 Å². The maximum atomic E-state index is 11.7. The third-order valence-corrected chi connectivity index (χ3v) is 2.50. The number of rotatable bonds is 3. The second-order valence-corrected chi connectivity index (χ2v) is 4.29. The SMILES string of the molecule is O=C(c1ccccc1-[n+]1cc(=O)o[nH]1)C(Cl)Cl. The molecular weight excluding hydrogens is 267 g/mol. The van der Waals surface area contributed by atoms with Crippen molar-refractivity contribution in [2.45, 2.75) is 4.84 Å². The Labute approximate surface area is 106 Å². The van der Waals surface area contributed by atoms with Crippen LogP contribution in [-0.2, 0) is 0 Å². The fourth-order valence-corrected chi connectivity index (χ4v) is 1.62. The number of hydrogen-bond acceptors (Lipinski definition) is 3. The second kappa shape index (κ2) is 4.73. The number of benzene rings is 1. The van der Waals surface area contributed by atoms with Crippen molar-refractivity contribution in [2.24, 2.45) is 0 Å². The summed E-state index contributed by atoms with van der Waals surface area (Å²) in [7, 11) is 0. The summed E-state index contributed by atoms with van der Waals surface area (Å²) in [5, 5.41) is 2.35. The number of aromatic nitrogens is 2. The van der Waals surface area contributed by atoms with Crippen molar-refractivity contribution in [3.8, 4) is 5.69 Å². The maximum absolute atomic E-state index is 11.7. The normalized spacial score (nSPS) is 10.8. The molecule has 1 aromatic heterocycles. The Morgan fingerprint density at radius 1 is 1.35 bits per heavy atom. The molecule has 0 radical (unpaired) electrons. The first-order valence-electron chi connectivity index (χ1n) is 4.61. The fourth-order valence-electron chi connectivity index (χ4n) is 1.38. The summed E-state index contributed by atoms with van der Waals surface area (Å²) >= 11 is 11.1. The summed E-state index contributed by atoms with van der Waals surface area (Å²) in [6.45, 7) is 0. The van der Waals surface area contributed by atoms with Crippen molar-refractivity contribution in [2.75, 3.05) is 0 Å². The van der Waals surface area contributed by atoms with Crippen LogP contribution in [-0.4, -0.2) is 15.9 Å². The molecule has 2 aromatic rings. The molecule has 0 amide bonds. The molecule has 0 aliphatic carbocycles. The van der Waals surface area contributed by atoms with Gasteiger partial charge in [0.15, 0.2) is 4.84 Å². The van der Waals surface area contributed by atoms with Crippen LogP contribution in [0.15, 0.2) is 39.8 Å². The Hall–Kier alpha value is -1.59. The number of carbonyl (C=O) groups excluding carboxylic acids is 1. The Bertz CT molecular complexity index is 603. The van der Waals surface area contributed by atoms with E-state index in [4.69, 9.17) is 23.2 Å². The smallest absolute Gasteiger partial charge is 0.291 e. The van der Waals surface area contributed by atoms with Gasteiger partial charge in [0.05, 0.1) is 5.56 Å². The van der Waals surface area contributed by atoms with E-state index in [0.29, 0.717) is 11.3 Å². The highest BCUT2D eigenvalue weighted by Crippen LogP contribution is 2.15. The van der Waals surface area contributed by atoms with Crippen LogP contribution in [0, 0.1) is 0 Å². The predicted molar refractivity (Wildman–Crippen MR) is 60.7 cm³/mol. The van der Waals surface area contributed by atoms with Gasteiger partial charge in [-0.2, -0.15) is 0 Å². The first kappa shape index (κ1) is 11.9. The summed E-state index contributed by atoms with van der Waals surface area (Å²) in [6.07, 6.45) is 1.17. The molecule has 5 nitrogen and oxygen atoms in total. The van der Waals surface area contributed by atoms with E-state index in [-0.39, 0.29) is 0 Å². The number of hydrogen-bond donors (Lipinski definition) is 1. The maximum Gasteiger partial charge on any atom is 0.427 e. The predicted octanol–water partition coefficient (Wildman–Crippen LogP) is 1.23. The number of carbonyl (C=O) groups is 1. The first-order valence-corrected chi connectivity index (χ1v) is 5.49. The number of aromatic amines is 1. The van der Waals surface area contributed by atoms with Crippen LogP contribution in [0.4, 0.5) is 0 Å². The van der Waals surface area contributed by atoms with Crippen LogP contribution in [0.3, 0.4) is 0 Å². The number of H-pyrrole nitrogens is 1. The molecule has 0 saturated carbocycles. The van der Waals surface area contributed by atoms with Gasteiger partial charge in [-0.3, -0.25) is 9.32 Å². The van der Waals surface area contributed by atoms with E-state index < -0.39 is 16.2 Å². The molecule has 1 aromatic carbocycles. The van der Waals surface area contributed by atoms with Gasteiger partial charge < -0.3 is 0 Å². The van der Waals surface area contributed by atoms with E-state index in [1.165, 1.54) is 10.9 Å². The molecule has 1 N–H and O–H groups in total. The van der Waals surface area contributed by atoms with Crippen molar-refractivity contribution < 1.29 is 14.0 Å². The van der Waals surface area contributed by atoms with Crippen LogP contribution in [0.25, 0.3) is 5.69 Å². The summed E-state index contributed by atoms with van der Waals surface area (Å²) in [4.78, 5) is 21.5. The molecule has 0 aliphatic heterocycles. The van der Waals surface area contributed by atoms with Gasteiger partial charge in [-0.1, -0.05) is 35.3 Å². The standard InChI is InChI=1S/C10H6Cl2N2O3/c11-10(12)9(16)6-3-1-2-4-7(6)14-5-8(15)17-13-14/h1-5,10H/p+1. The molecule has 7 heteroatoms. The number of Topliss-reactive ketones (excluding diaryl/α,β-unsaturated/α-hetero) is 1. The topological polar surface area (TPSA) is 66.9 Å². The minimum Gasteiger partial charge on any atom is -0.291 e. The highest BCUT2D eigenvalue weighted by molar-refractivity contribution is 6.55. The zero-order valence-corrected chi connectivity index (χ0v) is 9.90. The molecule has 2 rings (SSSR count). The van der Waals surface area contributed by atoms with Crippen molar-refractivity contribution >= 4 is 29.0 Å². The number of halogens is 2. The van der Waals surface area contributed by atoms with Crippen molar-refractivity contribution in [1.82, 2.24) is 5.27 Å². The first-order chi connectivity index (χ1) is 8.09. The minimum absolute atomic E-state index is 0.296. The summed E-state index contributed by atoms with van der Waals surface area (Å²) in [5.41, 5.74) is 0.180. The van der Waals surface area contributed by atoms with Crippen molar-refractivity contribution in [3.05, 3.63) is 46.4 Å². The molecule has 0 saturated heterocycles. The lowest BCUT2D eigenvalue weighted by atomic mass is 10.1. The van der Waals surface area contributed by atoms with Crippen LogP contribution < -0.4 is 10.3 Å². The van der Waals surface area contributed by atoms with Gasteiger partial charge in [0.1, 0.15) is 0 Å². The van der Waals surface area contributed by atoms with E-state index in [2.05, 4.69) is 9.79 Å². The van der Waals surface area contributed by atoms with E-state index in [1.807, 2.05) is 0 Å². The number of nitrogens with zero attached hydrogens (tertiary/aromatic N) is 1. The zero-order chi connectivity index (χ0) is 12.4. The van der Waals surface area contributed by atoms with Gasteiger partial charge in [-0.05, 0) is 16.0 Å². The average Bonchev–Trinajstić information content (AvgIpc) is 2.74. The van der Waals surface area contributed by atoms with Crippen LogP contribution in [0.5, 0.6) is 0 Å². The van der Waals surface area contributed by atoms with E-state index >= 15 is 0 Å². The van der Waals surface area contributed by atoms with Crippen molar-refractivity contribution in [3.63, 3.8) is 0 Å².